The van der Waals surface area contributed by atoms with E-state index in [1.807, 2.05) is 36.4 Å². The molecule has 0 aliphatic heterocycles. The zero-order valence-electron chi connectivity index (χ0n) is 9.54. The van der Waals surface area contributed by atoms with E-state index in [2.05, 4.69) is 16.0 Å². The van der Waals surface area contributed by atoms with E-state index in [0.29, 0.717) is 5.56 Å². The zero-order valence-corrected chi connectivity index (χ0v) is 9.54. The summed E-state index contributed by atoms with van der Waals surface area (Å²) >= 11 is 0. The van der Waals surface area contributed by atoms with Crippen LogP contribution in [-0.2, 0) is 0 Å². The monoisotopic (exact) mass is 231 g/mol. The van der Waals surface area contributed by atoms with Gasteiger partial charge in [0.25, 0.3) is 0 Å². The molecule has 0 fully saturated rings. The molecule has 18 heavy (non-hydrogen) atoms. The van der Waals surface area contributed by atoms with Crippen molar-refractivity contribution in [2.24, 2.45) is 0 Å². The second kappa shape index (κ2) is 4.27. The molecule has 84 valence electrons. The van der Waals surface area contributed by atoms with Crippen molar-refractivity contribution in [1.29, 1.82) is 5.26 Å². The van der Waals surface area contributed by atoms with Gasteiger partial charge >= 0.3 is 0 Å². The van der Waals surface area contributed by atoms with Gasteiger partial charge in [0.2, 0.25) is 0 Å². The Kier molecular flexibility index (Phi) is 2.47. The maximum Gasteiger partial charge on any atom is 0.0991 e. The van der Waals surface area contributed by atoms with Gasteiger partial charge in [-0.3, -0.25) is 4.98 Å². The predicted octanol–water partition coefficient (Wildman–Crippen LogP) is 3.17. The number of nitriles is 1. The van der Waals surface area contributed by atoms with Crippen LogP contribution in [0.3, 0.4) is 0 Å². The molecule has 0 N–H and O–H groups in total. The molecule has 0 radical (unpaired) electrons. The van der Waals surface area contributed by atoms with Crippen molar-refractivity contribution in [2.75, 3.05) is 0 Å². The fraction of sp³-hybridized carbons (Fsp3) is 0. The van der Waals surface area contributed by atoms with Crippen LogP contribution in [0, 0.1) is 11.3 Å². The fourth-order valence-corrected chi connectivity index (χ4v) is 1.81. The summed E-state index contributed by atoms with van der Waals surface area (Å²) in [6.45, 7) is 0. The van der Waals surface area contributed by atoms with Gasteiger partial charge in [0.15, 0.2) is 0 Å². The summed E-state index contributed by atoms with van der Waals surface area (Å²) in [7, 11) is 0. The highest BCUT2D eigenvalue weighted by molar-refractivity contribution is 5.76. The third-order valence-electron chi connectivity index (χ3n) is 2.76. The van der Waals surface area contributed by atoms with E-state index in [4.69, 9.17) is 5.26 Å². The molecule has 0 saturated carbocycles. The first-order valence-electron chi connectivity index (χ1n) is 5.59. The van der Waals surface area contributed by atoms with Gasteiger partial charge in [-0.05, 0) is 24.3 Å². The molecule has 3 heteroatoms. The average Bonchev–Trinajstić information content (AvgIpc) is 2.47. The molecule has 0 spiro atoms. The summed E-state index contributed by atoms with van der Waals surface area (Å²) in [6.07, 6.45) is 1.75. The molecule has 1 aromatic heterocycles. The quantitative estimate of drug-likeness (QED) is 0.646. The van der Waals surface area contributed by atoms with Gasteiger partial charge in [0.1, 0.15) is 0 Å². The van der Waals surface area contributed by atoms with Gasteiger partial charge < -0.3 is 0 Å². The fourth-order valence-electron chi connectivity index (χ4n) is 1.81. The summed E-state index contributed by atoms with van der Waals surface area (Å²) in [5.41, 5.74) is 4.19. The minimum atomic E-state index is 0.646. The molecular formula is C15H9N3. The maximum atomic E-state index is 8.76. The van der Waals surface area contributed by atoms with Gasteiger partial charge in [-0.15, -0.1) is 0 Å². The molecule has 0 atom stereocenters. The van der Waals surface area contributed by atoms with E-state index in [1.54, 1.807) is 18.3 Å². The Balaban J connectivity index is 2.10. The molecule has 0 unspecified atom stereocenters. The molecule has 0 aliphatic rings. The molecule has 3 rings (SSSR count). The number of hydrogen-bond donors (Lipinski definition) is 0. The summed E-state index contributed by atoms with van der Waals surface area (Å²) in [5, 5.41) is 8.76. The molecule has 0 bridgehead atoms. The van der Waals surface area contributed by atoms with Crippen molar-refractivity contribution in [3.8, 4) is 17.3 Å². The molecule has 3 aromatic rings. The second-order valence-corrected chi connectivity index (χ2v) is 3.93. The number of para-hydroxylation sites is 2. The Morgan fingerprint density at radius 3 is 2.33 bits per heavy atom. The highest BCUT2D eigenvalue weighted by Gasteiger charge is 2.02. The Bertz CT molecular complexity index is 740. The molecule has 0 aliphatic carbocycles. The van der Waals surface area contributed by atoms with Crippen LogP contribution in [0.1, 0.15) is 5.56 Å². The first kappa shape index (κ1) is 10.4. The van der Waals surface area contributed by atoms with Crippen LogP contribution in [-0.4, -0.2) is 9.97 Å². The second-order valence-electron chi connectivity index (χ2n) is 3.93. The standard InChI is InChI=1S/C15H9N3/c16-9-11-5-7-12(8-6-11)15-10-17-13-3-1-2-4-14(13)18-15/h1-8,10H. The number of nitrogens with zero attached hydrogens (tertiary/aromatic N) is 3. The summed E-state index contributed by atoms with van der Waals surface area (Å²) in [5.74, 6) is 0. The first-order chi connectivity index (χ1) is 8.86. The van der Waals surface area contributed by atoms with Crippen LogP contribution in [0.25, 0.3) is 22.3 Å². The van der Waals surface area contributed by atoms with Crippen molar-refractivity contribution in [3.05, 3.63) is 60.3 Å². The highest BCUT2D eigenvalue weighted by atomic mass is 14.8. The molecule has 2 aromatic carbocycles. The lowest BCUT2D eigenvalue weighted by atomic mass is 10.1. The predicted molar refractivity (Wildman–Crippen MR) is 69.7 cm³/mol. The minimum Gasteiger partial charge on any atom is -0.252 e. The van der Waals surface area contributed by atoms with Gasteiger partial charge in [-0.2, -0.15) is 5.26 Å². The van der Waals surface area contributed by atoms with E-state index in [0.717, 1.165) is 22.3 Å². The lowest BCUT2D eigenvalue weighted by molar-refractivity contribution is 1.29. The summed E-state index contributed by atoms with van der Waals surface area (Å²) in [6, 6.07) is 17.2. The maximum absolute atomic E-state index is 8.76. The van der Waals surface area contributed by atoms with Crippen LogP contribution >= 0.6 is 0 Å². The Morgan fingerprint density at radius 1 is 0.889 bits per heavy atom. The highest BCUT2D eigenvalue weighted by Crippen LogP contribution is 2.19. The molecule has 3 nitrogen and oxygen atoms in total. The summed E-state index contributed by atoms with van der Waals surface area (Å²) < 4.78 is 0. The van der Waals surface area contributed by atoms with Crippen molar-refractivity contribution in [1.82, 2.24) is 9.97 Å². The Hall–Kier alpha value is -2.73. The average molecular weight is 231 g/mol. The zero-order chi connectivity index (χ0) is 12.4. The molecular weight excluding hydrogens is 222 g/mol. The van der Waals surface area contributed by atoms with Gasteiger partial charge in [0, 0.05) is 5.56 Å². The van der Waals surface area contributed by atoms with Gasteiger partial charge in [-0.1, -0.05) is 24.3 Å². The molecule has 0 saturated heterocycles. The van der Waals surface area contributed by atoms with Crippen LogP contribution < -0.4 is 0 Å². The number of fused-ring (bicyclic) bond motifs is 1. The smallest absolute Gasteiger partial charge is 0.0991 e. The number of hydrogen-bond acceptors (Lipinski definition) is 3. The number of benzene rings is 2. The minimum absolute atomic E-state index is 0.646. The van der Waals surface area contributed by atoms with Crippen molar-refractivity contribution in [2.45, 2.75) is 0 Å². The Labute approximate surface area is 104 Å². The number of rotatable bonds is 1. The van der Waals surface area contributed by atoms with Crippen molar-refractivity contribution < 1.29 is 0 Å². The first-order valence-corrected chi connectivity index (χ1v) is 5.59. The van der Waals surface area contributed by atoms with Crippen molar-refractivity contribution in [3.63, 3.8) is 0 Å². The largest absolute Gasteiger partial charge is 0.252 e. The SMILES string of the molecule is N#Cc1ccc(-c2cnc3ccccc3n2)cc1. The van der Waals surface area contributed by atoms with Gasteiger partial charge in [-0.25, -0.2) is 4.98 Å². The van der Waals surface area contributed by atoms with Crippen LogP contribution in [0.15, 0.2) is 54.7 Å². The van der Waals surface area contributed by atoms with Crippen molar-refractivity contribution >= 4 is 11.0 Å². The summed E-state index contributed by atoms with van der Waals surface area (Å²) in [4.78, 5) is 8.93. The lowest BCUT2D eigenvalue weighted by Crippen LogP contribution is -1.88. The van der Waals surface area contributed by atoms with E-state index >= 15 is 0 Å². The van der Waals surface area contributed by atoms with Crippen LogP contribution in [0.5, 0.6) is 0 Å². The Morgan fingerprint density at radius 2 is 1.61 bits per heavy atom. The third kappa shape index (κ3) is 1.80. The lowest BCUT2D eigenvalue weighted by Gasteiger charge is -2.02. The van der Waals surface area contributed by atoms with E-state index in [1.165, 1.54) is 0 Å². The normalized spacial score (nSPS) is 10.2. The van der Waals surface area contributed by atoms with E-state index in [-0.39, 0.29) is 0 Å². The van der Waals surface area contributed by atoms with Gasteiger partial charge in [0.05, 0.1) is 34.6 Å². The molecule has 1 heterocycles. The third-order valence-corrected chi connectivity index (χ3v) is 2.76. The molecule has 0 amide bonds. The van der Waals surface area contributed by atoms with Crippen LogP contribution in [0.4, 0.5) is 0 Å². The topological polar surface area (TPSA) is 49.6 Å². The van der Waals surface area contributed by atoms with E-state index < -0.39 is 0 Å². The number of aromatic nitrogens is 2. The van der Waals surface area contributed by atoms with Crippen LogP contribution in [0.2, 0.25) is 0 Å². The van der Waals surface area contributed by atoms with E-state index in [9.17, 15) is 0 Å².